The molecule has 0 N–H and O–H groups in total. The van der Waals surface area contributed by atoms with Gasteiger partial charge in [0.1, 0.15) is 11.3 Å². The fourth-order valence-electron chi connectivity index (χ4n) is 4.23. The number of benzene rings is 2. The highest BCUT2D eigenvalue weighted by molar-refractivity contribution is 5.79. The number of carbonyl (C=O) groups excluding carboxylic acids is 1. The Kier molecular flexibility index (Phi) is 4.79. The maximum Gasteiger partial charge on any atom is 0.227 e. The van der Waals surface area contributed by atoms with Gasteiger partial charge in [-0.2, -0.15) is 0 Å². The molecule has 0 fully saturated rings. The van der Waals surface area contributed by atoms with E-state index in [1.54, 1.807) is 6.20 Å². The Morgan fingerprint density at radius 2 is 1.80 bits per heavy atom. The highest BCUT2D eigenvalue weighted by atomic mass is 16.2. The normalized spacial score (nSPS) is 13.4. The van der Waals surface area contributed by atoms with Gasteiger partial charge in [0.05, 0.1) is 6.42 Å². The molecular weight excluding hydrogens is 372 g/mol. The Morgan fingerprint density at radius 1 is 1.00 bits per heavy atom. The topological polar surface area (TPSA) is 51.0 Å². The lowest BCUT2D eigenvalue weighted by molar-refractivity contribution is -0.131. The summed E-state index contributed by atoms with van der Waals surface area (Å²) in [6.07, 6.45) is 3.98. The second kappa shape index (κ2) is 7.75. The first kappa shape index (κ1) is 18.6. The molecule has 1 aliphatic rings. The predicted molar refractivity (Wildman–Crippen MR) is 118 cm³/mol. The first-order valence-electron chi connectivity index (χ1n) is 10.5. The first-order valence-corrected chi connectivity index (χ1v) is 10.5. The van der Waals surface area contributed by atoms with Gasteiger partial charge in [0, 0.05) is 31.4 Å². The van der Waals surface area contributed by atoms with E-state index in [2.05, 4.69) is 46.8 Å². The molecule has 0 aliphatic carbocycles. The van der Waals surface area contributed by atoms with Crippen molar-refractivity contribution in [2.75, 3.05) is 6.54 Å². The highest BCUT2D eigenvalue weighted by Crippen LogP contribution is 2.22. The molecule has 2 aromatic heterocycles. The van der Waals surface area contributed by atoms with E-state index in [1.165, 1.54) is 11.1 Å². The zero-order valence-corrected chi connectivity index (χ0v) is 17.1. The van der Waals surface area contributed by atoms with Gasteiger partial charge in [-0.05, 0) is 47.4 Å². The minimum atomic E-state index is 0.182. The number of aryl methyl sites for hydroxylation is 1. The molecule has 1 aliphatic heterocycles. The van der Waals surface area contributed by atoms with Crippen LogP contribution in [-0.2, 0) is 30.6 Å². The number of nitrogens with zero attached hydrogens (tertiary/aromatic N) is 4. The minimum absolute atomic E-state index is 0.182. The average molecular weight is 396 g/mol. The third-order valence-electron chi connectivity index (χ3n) is 5.83. The van der Waals surface area contributed by atoms with Crippen molar-refractivity contribution in [2.45, 2.75) is 32.7 Å². The minimum Gasteiger partial charge on any atom is -0.338 e. The summed E-state index contributed by atoms with van der Waals surface area (Å²) in [6, 6.07) is 20.5. The van der Waals surface area contributed by atoms with Crippen LogP contribution in [0.3, 0.4) is 0 Å². The Labute approximate surface area is 176 Å². The molecule has 150 valence electrons. The summed E-state index contributed by atoms with van der Waals surface area (Å²) in [5, 5.41) is 0. The Morgan fingerprint density at radius 3 is 2.60 bits per heavy atom. The number of amides is 1. The number of hydrogen-bond donors (Lipinski definition) is 0. The van der Waals surface area contributed by atoms with Crippen molar-refractivity contribution >= 4 is 17.1 Å². The van der Waals surface area contributed by atoms with Crippen molar-refractivity contribution in [3.05, 3.63) is 89.4 Å². The van der Waals surface area contributed by atoms with E-state index in [0.29, 0.717) is 13.0 Å². The summed E-state index contributed by atoms with van der Waals surface area (Å²) >= 11 is 0. The standard InChI is InChI=1S/C25H24N4O/c1-2-23-27-22-8-5-14-26-25(22)29(23)21-11-9-18(10-12-21)16-24(30)28-15-13-19-6-3-4-7-20(19)17-28/h3-12,14H,2,13,15-17H2,1H3. The van der Waals surface area contributed by atoms with Crippen molar-refractivity contribution in [1.29, 1.82) is 0 Å². The number of aromatic nitrogens is 3. The van der Waals surface area contributed by atoms with Gasteiger partial charge in [0.25, 0.3) is 0 Å². The SMILES string of the molecule is CCc1nc2cccnc2n1-c1ccc(CC(=O)N2CCc3ccccc3C2)cc1. The van der Waals surface area contributed by atoms with Gasteiger partial charge in [-0.3, -0.25) is 9.36 Å². The first-order chi connectivity index (χ1) is 14.7. The summed E-state index contributed by atoms with van der Waals surface area (Å²) in [5.74, 6) is 1.17. The number of fused-ring (bicyclic) bond motifs is 2. The maximum absolute atomic E-state index is 12.9. The van der Waals surface area contributed by atoms with Crippen LogP contribution in [0.4, 0.5) is 0 Å². The predicted octanol–water partition coefficient (Wildman–Crippen LogP) is 4.11. The summed E-state index contributed by atoms with van der Waals surface area (Å²) < 4.78 is 2.10. The van der Waals surface area contributed by atoms with E-state index in [0.717, 1.165) is 47.6 Å². The Balaban J connectivity index is 1.35. The van der Waals surface area contributed by atoms with Crippen LogP contribution in [-0.4, -0.2) is 31.9 Å². The molecule has 5 heteroatoms. The van der Waals surface area contributed by atoms with E-state index in [1.807, 2.05) is 35.2 Å². The van der Waals surface area contributed by atoms with Crippen LogP contribution in [0.2, 0.25) is 0 Å². The van der Waals surface area contributed by atoms with E-state index < -0.39 is 0 Å². The Bertz CT molecular complexity index is 1210. The second-order valence-corrected chi connectivity index (χ2v) is 7.74. The van der Waals surface area contributed by atoms with Gasteiger partial charge >= 0.3 is 0 Å². The lowest BCUT2D eigenvalue weighted by Crippen LogP contribution is -2.36. The molecule has 0 unspecified atom stereocenters. The average Bonchev–Trinajstić information content (AvgIpc) is 3.18. The zero-order valence-electron chi connectivity index (χ0n) is 17.1. The lowest BCUT2D eigenvalue weighted by atomic mass is 9.99. The summed E-state index contributed by atoms with van der Waals surface area (Å²) in [7, 11) is 0. The van der Waals surface area contributed by atoms with E-state index >= 15 is 0 Å². The second-order valence-electron chi connectivity index (χ2n) is 7.74. The largest absolute Gasteiger partial charge is 0.338 e. The number of carbonyl (C=O) groups is 1. The number of pyridine rings is 1. The third kappa shape index (κ3) is 3.36. The van der Waals surface area contributed by atoms with Crippen molar-refractivity contribution < 1.29 is 4.79 Å². The molecule has 0 bridgehead atoms. The molecule has 2 aromatic carbocycles. The molecule has 0 spiro atoms. The van der Waals surface area contributed by atoms with E-state index in [4.69, 9.17) is 4.98 Å². The molecule has 0 radical (unpaired) electrons. The molecule has 0 atom stereocenters. The molecule has 4 aromatic rings. The smallest absolute Gasteiger partial charge is 0.227 e. The molecule has 30 heavy (non-hydrogen) atoms. The van der Waals surface area contributed by atoms with Crippen LogP contribution in [0.25, 0.3) is 16.9 Å². The van der Waals surface area contributed by atoms with Crippen molar-refractivity contribution in [2.24, 2.45) is 0 Å². The van der Waals surface area contributed by atoms with Crippen LogP contribution in [0.15, 0.2) is 66.9 Å². The van der Waals surface area contributed by atoms with Crippen molar-refractivity contribution in [1.82, 2.24) is 19.4 Å². The quantitative estimate of drug-likeness (QED) is 0.522. The monoisotopic (exact) mass is 396 g/mol. The lowest BCUT2D eigenvalue weighted by Gasteiger charge is -2.29. The highest BCUT2D eigenvalue weighted by Gasteiger charge is 2.20. The molecule has 3 heterocycles. The van der Waals surface area contributed by atoms with Crippen LogP contribution < -0.4 is 0 Å². The molecule has 5 nitrogen and oxygen atoms in total. The maximum atomic E-state index is 12.9. The molecule has 0 saturated heterocycles. The molecule has 1 amide bonds. The molecule has 0 saturated carbocycles. The molecular formula is C25H24N4O. The molecule has 5 rings (SSSR count). The van der Waals surface area contributed by atoms with Crippen molar-refractivity contribution in [3.8, 4) is 5.69 Å². The summed E-state index contributed by atoms with van der Waals surface area (Å²) in [5.41, 5.74) is 6.44. The number of hydrogen-bond acceptors (Lipinski definition) is 3. The van der Waals surface area contributed by atoms with Gasteiger partial charge in [0.2, 0.25) is 5.91 Å². The number of rotatable bonds is 4. The summed E-state index contributed by atoms with van der Waals surface area (Å²) in [6.45, 7) is 3.60. The Hall–Kier alpha value is -3.47. The van der Waals surface area contributed by atoms with Gasteiger partial charge < -0.3 is 4.90 Å². The van der Waals surface area contributed by atoms with Gasteiger partial charge in [0.15, 0.2) is 5.65 Å². The van der Waals surface area contributed by atoms with Crippen LogP contribution in [0, 0.1) is 0 Å². The van der Waals surface area contributed by atoms with Crippen molar-refractivity contribution in [3.63, 3.8) is 0 Å². The van der Waals surface area contributed by atoms with Crippen LogP contribution >= 0.6 is 0 Å². The van der Waals surface area contributed by atoms with Gasteiger partial charge in [-0.1, -0.05) is 43.3 Å². The van der Waals surface area contributed by atoms with Gasteiger partial charge in [-0.25, -0.2) is 9.97 Å². The fourth-order valence-corrected chi connectivity index (χ4v) is 4.23. The third-order valence-corrected chi connectivity index (χ3v) is 5.83. The zero-order chi connectivity index (χ0) is 20.5. The number of imidazole rings is 1. The fraction of sp³-hybridized carbons (Fsp3) is 0.240. The van der Waals surface area contributed by atoms with Gasteiger partial charge in [-0.15, -0.1) is 0 Å². The van der Waals surface area contributed by atoms with Crippen LogP contribution in [0.1, 0.15) is 29.4 Å². The van der Waals surface area contributed by atoms with E-state index in [-0.39, 0.29) is 5.91 Å². The summed E-state index contributed by atoms with van der Waals surface area (Å²) in [4.78, 5) is 24.1. The van der Waals surface area contributed by atoms with E-state index in [9.17, 15) is 4.79 Å². The van der Waals surface area contributed by atoms with Crippen LogP contribution in [0.5, 0.6) is 0 Å².